The van der Waals surface area contributed by atoms with Gasteiger partial charge in [0, 0.05) is 12.6 Å². The summed E-state index contributed by atoms with van der Waals surface area (Å²) in [4.78, 5) is 0. The Kier molecular flexibility index (Phi) is 1.91. The van der Waals surface area contributed by atoms with E-state index in [4.69, 9.17) is 4.74 Å². The molecule has 2 atom stereocenters. The van der Waals surface area contributed by atoms with E-state index in [-0.39, 0.29) is 0 Å². The molecule has 0 radical (unpaired) electrons. The molecule has 0 bridgehead atoms. The Bertz CT molecular complexity index is 89.8. The Morgan fingerprint density at radius 2 is 2.10 bits per heavy atom. The van der Waals surface area contributed by atoms with Gasteiger partial charge in [-0.1, -0.05) is 12.8 Å². The molecule has 58 valence electrons. The first kappa shape index (κ1) is 6.62. The fourth-order valence-corrected chi connectivity index (χ4v) is 1.98. The van der Waals surface area contributed by atoms with E-state index in [1.165, 1.54) is 25.7 Å². The second-order valence-corrected chi connectivity index (χ2v) is 3.25. The molecule has 0 amide bonds. The number of hydrogen-bond donors (Lipinski definition) is 1. The first-order valence-electron chi connectivity index (χ1n) is 4.32. The summed E-state index contributed by atoms with van der Waals surface area (Å²) >= 11 is 0. The molecule has 1 saturated heterocycles. The molecule has 0 aromatic rings. The van der Waals surface area contributed by atoms with Gasteiger partial charge in [0.05, 0.1) is 12.7 Å². The van der Waals surface area contributed by atoms with Crippen LogP contribution in [0.1, 0.15) is 25.7 Å². The van der Waals surface area contributed by atoms with Gasteiger partial charge in [-0.05, 0) is 12.8 Å². The Morgan fingerprint density at radius 1 is 1.20 bits per heavy atom. The maximum atomic E-state index is 5.62. The molecule has 2 rings (SSSR count). The predicted octanol–water partition coefficient (Wildman–Crippen LogP) is 0.917. The summed E-state index contributed by atoms with van der Waals surface area (Å²) in [5, 5.41) is 3.50. The Balaban J connectivity index is 1.93. The van der Waals surface area contributed by atoms with Gasteiger partial charge in [0.1, 0.15) is 0 Å². The highest BCUT2D eigenvalue weighted by atomic mass is 16.5. The smallest absolute Gasteiger partial charge is 0.0728 e. The van der Waals surface area contributed by atoms with Crippen LogP contribution in [0.25, 0.3) is 0 Å². The van der Waals surface area contributed by atoms with E-state index >= 15 is 0 Å². The summed E-state index contributed by atoms with van der Waals surface area (Å²) in [6, 6.07) is 0.683. The number of nitrogens with one attached hydrogen (secondary N) is 1. The fraction of sp³-hybridized carbons (Fsp3) is 1.00. The third-order valence-electron chi connectivity index (χ3n) is 2.54. The minimum atomic E-state index is 0.544. The molecule has 1 saturated carbocycles. The second-order valence-electron chi connectivity index (χ2n) is 3.25. The molecule has 2 heteroatoms. The molecule has 1 N–H and O–H groups in total. The maximum Gasteiger partial charge on any atom is 0.0728 e. The van der Waals surface area contributed by atoms with E-state index in [2.05, 4.69) is 5.32 Å². The van der Waals surface area contributed by atoms with Gasteiger partial charge in [0.2, 0.25) is 0 Å². The second kappa shape index (κ2) is 2.89. The lowest BCUT2D eigenvalue weighted by atomic mass is 9.92. The molecule has 2 aliphatic rings. The summed E-state index contributed by atoms with van der Waals surface area (Å²) in [5.74, 6) is 0. The van der Waals surface area contributed by atoms with Crippen LogP contribution in [-0.2, 0) is 4.74 Å². The summed E-state index contributed by atoms with van der Waals surface area (Å²) in [7, 11) is 0. The summed E-state index contributed by atoms with van der Waals surface area (Å²) in [5.41, 5.74) is 0. The van der Waals surface area contributed by atoms with Gasteiger partial charge in [0.15, 0.2) is 0 Å². The molecule has 1 aliphatic carbocycles. The zero-order valence-corrected chi connectivity index (χ0v) is 6.31. The van der Waals surface area contributed by atoms with Crippen molar-refractivity contribution < 1.29 is 4.74 Å². The van der Waals surface area contributed by atoms with Gasteiger partial charge in [0.25, 0.3) is 0 Å². The topological polar surface area (TPSA) is 21.3 Å². The molecule has 0 unspecified atom stereocenters. The average Bonchev–Trinajstić information content (AvgIpc) is 2.05. The van der Waals surface area contributed by atoms with E-state index in [0.717, 1.165) is 13.2 Å². The van der Waals surface area contributed by atoms with Gasteiger partial charge < -0.3 is 10.1 Å². The Morgan fingerprint density at radius 3 is 3.00 bits per heavy atom. The first-order valence-corrected chi connectivity index (χ1v) is 4.32. The highest BCUT2D eigenvalue weighted by Crippen LogP contribution is 2.22. The maximum absolute atomic E-state index is 5.62. The molecule has 0 spiro atoms. The fourth-order valence-electron chi connectivity index (χ4n) is 1.98. The van der Waals surface area contributed by atoms with Crippen LogP contribution in [0, 0.1) is 0 Å². The normalized spacial score (nSPS) is 40.8. The van der Waals surface area contributed by atoms with Gasteiger partial charge in [-0.2, -0.15) is 0 Å². The van der Waals surface area contributed by atoms with Crippen molar-refractivity contribution in [1.29, 1.82) is 0 Å². The van der Waals surface area contributed by atoms with E-state index in [1.54, 1.807) is 0 Å². The molecular formula is C8H15NO. The van der Waals surface area contributed by atoms with Crippen LogP contribution in [0.4, 0.5) is 0 Å². The van der Waals surface area contributed by atoms with Crippen LogP contribution in [0.2, 0.25) is 0 Å². The minimum Gasteiger partial charge on any atom is -0.375 e. The van der Waals surface area contributed by atoms with Crippen LogP contribution in [-0.4, -0.2) is 25.3 Å². The summed E-state index contributed by atoms with van der Waals surface area (Å²) in [6.07, 6.45) is 5.89. The monoisotopic (exact) mass is 141 g/mol. The van der Waals surface area contributed by atoms with E-state index in [1.807, 2.05) is 0 Å². The zero-order chi connectivity index (χ0) is 6.81. The first-order chi connectivity index (χ1) is 4.97. The molecule has 0 aromatic carbocycles. The van der Waals surface area contributed by atoms with Gasteiger partial charge in [-0.15, -0.1) is 0 Å². The van der Waals surface area contributed by atoms with Crippen LogP contribution < -0.4 is 5.32 Å². The molecule has 10 heavy (non-hydrogen) atoms. The van der Waals surface area contributed by atoms with Crippen LogP contribution in [0.15, 0.2) is 0 Å². The Labute approximate surface area is 61.9 Å². The average molecular weight is 141 g/mol. The molecule has 1 aliphatic heterocycles. The number of morpholine rings is 1. The van der Waals surface area contributed by atoms with Crippen LogP contribution in [0.5, 0.6) is 0 Å². The molecule has 1 heterocycles. The van der Waals surface area contributed by atoms with Crippen molar-refractivity contribution in [3.05, 3.63) is 0 Å². The summed E-state index contributed by atoms with van der Waals surface area (Å²) in [6.45, 7) is 1.97. The molecule has 2 nitrogen and oxygen atoms in total. The van der Waals surface area contributed by atoms with Crippen molar-refractivity contribution in [3.63, 3.8) is 0 Å². The third-order valence-corrected chi connectivity index (χ3v) is 2.54. The minimum absolute atomic E-state index is 0.544. The van der Waals surface area contributed by atoms with Crippen molar-refractivity contribution in [2.45, 2.75) is 37.8 Å². The van der Waals surface area contributed by atoms with E-state index in [0.29, 0.717) is 12.1 Å². The molecule has 0 aromatic heterocycles. The Hall–Kier alpha value is -0.0800. The zero-order valence-electron chi connectivity index (χ0n) is 6.31. The SMILES string of the molecule is C1CC[C@H]2OCCN[C@@H]2C1. The highest BCUT2D eigenvalue weighted by Gasteiger charge is 2.27. The van der Waals surface area contributed by atoms with Crippen LogP contribution >= 0.6 is 0 Å². The third kappa shape index (κ3) is 1.18. The number of hydrogen-bond acceptors (Lipinski definition) is 2. The van der Waals surface area contributed by atoms with Crippen molar-refractivity contribution in [3.8, 4) is 0 Å². The van der Waals surface area contributed by atoms with Crippen molar-refractivity contribution in [2.24, 2.45) is 0 Å². The number of fused-ring (bicyclic) bond motifs is 1. The van der Waals surface area contributed by atoms with Crippen molar-refractivity contribution >= 4 is 0 Å². The van der Waals surface area contributed by atoms with Crippen molar-refractivity contribution in [2.75, 3.05) is 13.2 Å². The largest absolute Gasteiger partial charge is 0.375 e. The lowest BCUT2D eigenvalue weighted by Gasteiger charge is -2.36. The molecule has 2 fully saturated rings. The van der Waals surface area contributed by atoms with Gasteiger partial charge >= 0.3 is 0 Å². The van der Waals surface area contributed by atoms with Gasteiger partial charge in [-0.3, -0.25) is 0 Å². The van der Waals surface area contributed by atoms with Gasteiger partial charge in [-0.25, -0.2) is 0 Å². The van der Waals surface area contributed by atoms with Crippen LogP contribution in [0.3, 0.4) is 0 Å². The summed E-state index contributed by atoms with van der Waals surface area (Å²) < 4.78 is 5.62. The lowest BCUT2D eigenvalue weighted by Crippen LogP contribution is -2.49. The number of ether oxygens (including phenoxy) is 1. The van der Waals surface area contributed by atoms with E-state index < -0.39 is 0 Å². The van der Waals surface area contributed by atoms with Crippen molar-refractivity contribution in [1.82, 2.24) is 5.32 Å². The lowest BCUT2D eigenvalue weighted by molar-refractivity contribution is -0.0235. The quantitative estimate of drug-likeness (QED) is 0.541. The number of rotatable bonds is 0. The van der Waals surface area contributed by atoms with E-state index in [9.17, 15) is 0 Å². The standard InChI is InChI=1S/C8H15NO/c1-2-4-8-7(3-1)9-5-6-10-8/h7-9H,1-6H2/t7-,8-/m1/s1. The highest BCUT2D eigenvalue weighted by molar-refractivity contribution is 4.84. The molecular weight excluding hydrogens is 126 g/mol. The predicted molar refractivity (Wildman–Crippen MR) is 40.0 cm³/mol.